The predicted octanol–water partition coefficient (Wildman–Crippen LogP) is 2.06. The Hall–Kier alpha value is -3.43. The second-order valence-electron chi connectivity index (χ2n) is 7.03. The van der Waals surface area contributed by atoms with Crippen molar-refractivity contribution in [3.63, 3.8) is 0 Å². The van der Waals surface area contributed by atoms with Crippen molar-refractivity contribution < 1.29 is 24.1 Å². The molecule has 2 aromatic carbocycles. The highest BCUT2D eigenvalue weighted by Crippen LogP contribution is 2.37. The lowest BCUT2D eigenvalue weighted by atomic mass is 9.96. The maximum absolute atomic E-state index is 13.7. The molecule has 0 aliphatic carbocycles. The van der Waals surface area contributed by atoms with Crippen molar-refractivity contribution in [2.24, 2.45) is 0 Å². The first-order valence-electron chi connectivity index (χ1n) is 9.88. The Balaban J connectivity index is 1.75. The molecule has 3 aromatic rings. The van der Waals surface area contributed by atoms with Gasteiger partial charge in [-0.25, -0.2) is 4.98 Å². The van der Waals surface area contributed by atoms with E-state index in [1.54, 1.807) is 31.3 Å². The molecule has 1 amide bonds. The van der Waals surface area contributed by atoms with E-state index in [-0.39, 0.29) is 12.5 Å². The zero-order chi connectivity index (χ0) is 21.8. The van der Waals surface area contributed by atoms with Gasteiger partial charge in [-0.05, 0) is 23.8 Å². The molecule has 162 valence electrons. The zero-order valence-corrected chi connectivity index (χ0v) is 17.3. The van der Waals surface area contributed by atoms with E-state index < -0.39 is 12.1 Å². The van der Waals surface area contributed by atoms with E-state index >= 15 is 0 Å². The molecule has 1 aliphatic rings. The van der Waals surface area contributed by atoms with Crippen LogP contribution in [0, 0.1) is 0 Å². The number of methoxy groups -OCH3 is 2. The summed E-state index contributed by atoms with van der Waals surface area (Å²) in [7, 11) is 3.12. The average molecular weight is 424 g/mol. The number of ether oxygens (including phenoxy) is 3. The quantitative estimate of drug-likeness (QED) is 0.623. The summed E-state index contributed by atoms with van der Waals surface area (Å²) in [5.74, 6) is 1.45. The Morgan fingerprint density at radius 2 is 2.03 bits per heavy atom. The Bertz CT molecular complexity index is 1040. The molecule has 2 heterocycles. The molecule has 0 saturated carbocycles. The van der Waals surface area contributed by atoms with E-state index in [2.05, 4.69) is 15.2 Å². The minimum atomic E-state index is -0.576. The number of carbonyl (C=O) groups is 1. The summed E-state index contributed by atoms with van der Waals surface area (Å²) in [6, 6.07) is 12.2. The van der Waals surface area contributed by atoms with Gasteiger partial charge in [-0.3, -0.25) is 9.89 Å². The second-order valence-corrected chi connectivity index (χ2v) is 7.03. The van der Waals surface area contributed by atoms with E-state index in [9.17, 15) is 9.90 Å². The van der Waals surface area contributed by atoms with Gasteiger partial charge in [0.1, 0.15) is 12.4 Å². The summed E-state index contributed by atoms with van der Waals surface area (Å²) in [6.45, 7) is 0.469. The molecule has 1 aromatic heterocycles. The van der Waals surface area contributed by atoms with Gasteiger partial charge in [0, 0.05) is 12.1 Å². The summed E-state index contributed by atoms with van der Waals surface area (Å²) in [5, 5.41) is 16.7. The molecular weight excluding hydrogens is 400 g/mol. The number of aromatic nitrogens is 3. The van der Waals surface area contributed by atoms with Crippen LogP contribution in [0.2, 0.25) is 0 Å². The van der Waals surface area contributed by atoms with Crippen LogP contribution in [0.15, 0.2) is 48.8 Å². The normalized spacial score (nSPS) is 18.6. The van der Waals surface area contributed by atoms with Crippen molar-refractivity contribution in [1.82, 2.24) is 20.1 Å². The fourth-order valence-electron chi connectivity index (χ4n) is 3.91. The van der Waals surface area contributed by atoms with Crippen LogP contribution in [0.4, 0.5) is 0 Å². The molecule has 4 rings (SSSR count). The smallest absolute Gasteiger partial charge is 0.255 e. The van der Waals surface area contributed by atoms with Gasteiger partial charge in [-0.1, -0.05) is 24.3 Å². The molecule has 0 unspecified atom stereocenters. The largest absolute Gasteiger partial charge is 0.493 e. The van der Waals surface area contributed by atoms with E-state index in [0.29, 0.717) is 41.6 Å². The number of morpholine rings is 1. The summed E-state index contributed by atoms with van der Waals surface area (Å²) in [4.78, 5) is 19.6. The van der Waals surface area contributed by atoms with Crippen LogP contribution in [-0.2, 0) is 4.74 Å². The fourth-order valence-corrected chi connectivity index (χ4v) is 3.91. The summed E-state index contributed by atoms with van der Waals surface area (Å²) < 4.78 is 16.6. The van der Waals surface area contributed by atoms with Gasteiger partial charge in [0.25, 0.3) is 5.91 Å². The molecule has 1 aliphatic heterocycles. The Morgan fingerprint density at radius 1 is 1.23 bits per heavy atom. The first-order valence-corrected chi connectivity index (χ1v) is 9.88. The molecule has 2 N–H and O–H groups in total. The number of rotatable bonds is 6. The van der Waals surface area contributed by atoms with Crippen molar-refractivity contribution in [2.75, 3.05) is 34.0 Å². The number of H-pyrrole nitrogens is 1. The van der Waals surface area contributed by atoms with Crippen molar-refractivity contribution in [2.45, 2.75) is 12.1 Å². The number of benzene rings is 2. The minimum Gasteiger partial charge on any atom is -0.493 e. The second kappa shape index (κ2) is 9.15. The van der Waals surface area contributed by atoms with E-state index in [4.69, 9.17) is 14.2 Å². The third kappa shape index (κ3) is 3.97. The highest BCUT2D eigenvalue weighted by atomic mass is 16.5. The number of aliphatic hydroxyl groups excluding tert-OH is 1. The van der Waals surface area contributed by atoms with Crippen LogP contribution in [0.1, 0.15) is 22.0 Å². The number of nitrogens with zero attached hydrogens (tertiary/aromatic N) is 3. The van der Waals surface area contributed by atoms with Crippen molar-refractivity contribution in [1.29, 1.82) is 0 Å². The van der Waals surface area contributed by atoms with Crippen LogP contribution < -0.4 is 9.47 Å². The number of amides is 1. The van der Waals surface area contributed by atoms with Gasteiger partial charge >= 0.3 is 0 Å². The molecule has 1 fully saturated rings. The predicted molar refractivity (Wildman–Crippen MR) is 112 cm³/mol. The topological polar surface area (TPSA) is 110 Å². The van der Waals surface area contributed by atoms with Gasteiger partial charge in [0.2, 0.25) is 0 Å². The van der Waals surface area contributed by atoms with Crippen LogP contribution in [-0.4, -0.2) is 71.2 Å². The summed E-state index contributed by atoms with van der Waals surface area (Å²) in [5.41, 5.74) is 1.92. The summed E-state index contributed by atoms with van der Waals surface area (Å²) in [6.07, 6.45) is 0.827. The first kappa shape index (κ1) is 20.8. The summed E-state index contributed by atoms with van der Waals surface area (Å²) >= 11 is 0. The molecule has 9 nitrogen and oxygen atoms in total. The van der Waals surface area contributed by atoms with Gasteiger partial charge in [0.15, 0.2) is 17.3 Å². The van der Waals surface area contributed by atoms with E-state index in [1.807, 2.05) is 30.3 Å². The van der Waals surface area contributed by atoms with Gasteiger partial charge < -0.3 is 24.2 Å². The van der Waals surface area contributed by atoms with Crippen LogP contribution in [0.3, 0.4) is 0 Å². The highest BCUT2D eigenvalue weighted by molar-refractivity contribution is 6.00. The molecule has 9 heteroatoms. The van der Waals surface area contributed by atoms with Gasteiger partial charge in [0.05, 0.1) is 39.0 Å². The van der Waals surface area contributed by atoms with Gasteiger partial charge in [-0.15, -0.1) is 0 Å². The number of aliphatic hydroxyl groups is 1. The standard InChI is InChI=1S/C22H24N4O5/c1-29-17-8-7-14(11-18(17)30-2)20-19(12-27)31-10-9-26(20)22(28)16-6-4-3-5-15(16)21-23-13-24-25-21/h3-8,11,13,19-20,27H,9-10,12H2,1-2H3,(H,23,24,25)/t19-,20-/m1/s1. The van der Waals surface area contributed by atoms with Gasteiger partial charge in [-0.2, -0.15) is 5.10 Å². The van der Waals surface area contributed by atoms with Crippen LogP contribution in [0.25, 0.3) is 11.4 Å². The third-order valence-electron chi connectivity index (χ3n) is 5.37. The Labute approximate surface area is 179 Å². The zero-order valence-electron chi connectivity index (χ0n) is 17.3. The van der Waals surface area contributed by atoms with Crippen molar-refractivity contribution >= 4 is 5.91 Å². The lowest BCUT2D eigenvalue weighted by Gasteiger charge is -2.41. The Kier molecular flexibility index (Phi) is 6.15. The number of nitrogens with one attached hydrogen (secondary N) is 1. The monoisotopic (exact) mass is 424 g/mol. The number of hydrogen-bond donors (Lipinski definition) is 2. The average Bonchev–Trinajstić information content (AvgIpc) is 3.37. The van der Waals surface area contributed by atoms with Crippen LogP contribution in [0.5, 0.6) is 11.5 Å². The molecule has 1 saturated heterocycles. The molecular formula is C22H24N4O5. The molecule has 0 bridgehead atoms. The molecule has 31 heavy (non-hydrogen) atoms. The van der Waals surface area contributed by atoms with Crippen LogP contribution >= 0.6 is 0 Å². The van der Waals surface area contributed by atoms with Crippen molar-refractivity contribution in [3.8, 4) is 22.9 Å². The lowest BCUT2D eigenvalue weighted by Crippen LogP contribution is -2.49. The SMILES string of the molecule is COc1ccc([C@@H]2[C@@H](CO)OCCN2C(=O)c2ccccc2-c2ncn[nH]2)cc1OC. The first-order chi connectivity index (χ1) is 15.2. The maximum atomic E-state index is 13.7. The minimum absolute atomic E-state index is 0.187. The highest BCUT2D eigenvalue weighted by Gasteiger charge is 2.37. The number of aromatic amines is 1. The van der Waals surface area contributed by atoms with E-state index in [1.165, 1.54) is 6.33 Å². The molecule has 0 radical (unpaired) electrons. The molecule has 2 atom stereocenters. The number of carbonyl (C=O) groups excluding carboxylic acids is 1. The Morgan fingerprint density at radius 3 is 2.74 bits per heavy atom. The van der Waals surface area contributed by atoms with Crippen molar-refractivity contribution in [3.05, 3.63) is 59.9 Å². The van der Waals surface area contributed by atoms with E-state index in [0.717, 1.165) is 5.56 Å². The maximum Gasteiger partial charge on any atom is 0.255 e. The number of hydrogen-bond acceptors (Lipinski definition) is 7. The third-order valence-corrected chi connectivity index (χ3v) is 5.37. The molecule has 0 spiro atoms. The lowest BCUT2D eigenvalue weighted by molar-refractivity contribution is -0.0811. The fraction of sp³-hybridized carbons (Fsp3) is 0.318.